The highest BCUT2D eigenvalue weighted by Gasteiger charge is 2.19. The summed E-state index contributed by atoms with van der Waals surface area (Å²) < 4.78 is 16.1. The van der Waals surface area contributed by atoms with Crippen molar-refractivity contribution in [3.63, 3.8) is 0 Å². The average Bonchev–Trinajstić information content (AvgIpc) is 2.67. The molecule has 2 aromatic rings. The minimum Gasteiger partial charge on any atom is -0.324 e. The van der Waals surface area contributed by atoms with E-state index in [0.29, 0.717) is 9.99 Å². The molecule has 0 spiro atoms. The van der Waals surface area contributed by atoms with E-state index >= 15 is 0 Å². The fraction of sp³-hybridized carbons (Fsp3) is 0.462. The van der Waals surface area contributed by atoms with Crippen LogP contribution < -0.4 is 0 Å². The standard InChI is InChI=1S/C13H15BrClFN2/c1-4-7(2)18-12-5-9(14)10(16)6-11(12)17-13(18)8(3)15/h5-8H,4H2,1-3H3. The van der Waals surface area contributed by atoms with Gasteiger partial charge in [0, 0.05) is 12.1 Å². The Bertz CT molecular complexity index is 580. The van der Waals surface area contributed by atoms with Crippen molar-refractivity contribution in [2.24, 2.45) is 0 Å². The van der Waals surface area contributed by atoms with Crippen LogP contribution in [0.2, 0.25) is 0 Å². The first-order valence-electron chi connectivity index (χ1n) is 5.96. The molecule has 5 heteroatoms. The molecule has 0 amide bonds. The van der Waals surface area contributed by atoms with E-state index in [2.05, 4.69) is 39.3 Å². The van der Waals surface area contributed by atoms with Gasteiger partial charge in [-0.1, -0.05) is 6.92 Å². The minimum absolute atomic E-state index is 0.201. The first-order valence-corrected chi connectivity index (χ1v) is 7.19. The molecule has 0 saturated carbocycles. The maximum atomic E-state index is 13.5. The lowest BCUT2D eigenvalue weighted by Gasteiger charge is -2.17. The quantitative estimate of drug-likeness (QED) is 0.705. The van der Waals surface area contributed by atoms with Crippen molar-refractivity contribution in [2.45, 2.75) is 38.6 Å². The van der Waals surface area contributed by atoms with Gasteiger partial charge in [-0.25, -0.2) is 9.37 Å². The number of nitrogens with zero attached hydrogens (tertiary/aromatic N) is 2. The van der Waals surface area contributed by atoms with Crippen LogP contribution in [-0.2, 0) is 0 Å². The third kappa shape index (κ3) is 2.28. The summed E-state index contributed by atoms with van der Waals surface area (Å²) in [4.78, 5) is 4.45. The van der Waals surface area contributed by atoms with Crippen LogP contribution in [0.25, 0.3) is 11.0 Å². The summed E-state index contributed by atoms with van der Waals surface area (Å²) in [5.41, 5.74) is 1.57. The molecule has 0 aliphatic carbocycles. The molecule has 1 aromatic carbocycles. The zero-order valence-corrected chi connectivity index (χ0v) is 12.9. The number of rotatable bonds is 3. The van der Waals surface area contributed by atoms with E-state index in [9.17, 15) is 4.39 Å². The van der Waals surface area contributed by atoms with Gasteiger partial charge in [0.15, 0.2) is 0 Å². The highest BCUT2D eigenvalue weighted by Crippen LogP contribution is 2.31. The number of fused-ring (bicyclic) bond motifs is 1. The molecule has 1 aromatic heterocycles. The smallest absolute Gasteiger partial charge is 0.139 e. The molecule has 0 bridgehead atoms. The summed E-state index contributed by atoms with van der Waals surface area (Å²) in [6, 6.07) is 3.50. The summed E-state index contributed by atoms with van der Waals surface area (Å²) in [5, 5.41) is -0.201. The molecule has 0 aliphatic heterocycles. The van der Waals surface area contributed by atoms with Gasteiger partial charge in [-0.2, -0.15) is 0 Å². The van der Waals surface area contributed by atoms with Crippen LogP contribution in [-0.4, -0.2) is 9.55 Å². The van der Waals surface area contributed by atoms with Gasteiger partial charge in [-0.15, -0.1) is 11.6 Å². The molecule has 2 nitrogen and oxygen atoms in total. The van der Waals surface area contributed by atoms with Crippen LogP contribution in [0.1, 0.15) is 44.4 Å². The van der Waals surface area contributed by atoms with Crippen molar-refractivity contribution in [2.75, 3.05) is 0 Å². The zero-order valence-electron chi connectivity index (χ0n) is 10.5. The summed E-state index contributed by atoms with van der Waals surface area (Å²) in [7, 11) is 0. The van der Waals surface area contributed by atoms with Gasteiger partial charge >= 0.3 is 0 Å². The largest absolute Gasteiger partial charge is 0.324 e. The van der Waals surface area contributed by atoms with Crippen molar-refractivity contribution in [3.05, 3.63) is 28.2 Å². The number of hydrogen-bond acceptors (Lipinski definition) is 1. The van der Waals surface area contributed by atoms with Gasteiger partial charge in [0.2, 0.25) is 0 Å². The maximum Gasteiger partial charge on any atom is 0.139 e. The fourth-order valence-corrected chi connectivity index (χ4v) is 2.52. The van der Waals surface area contributed by atoms with Crippen molar-refractivity contribution in [1.82, 2.24) is 9.55 Å². The second kappa shape index (κ2) is 5.17. The van der Waals surface area contributed by atoms with Crippen LogP contribution in [0.5, 0.6) is 0 Å². The second-order valence-electron chi connectivity index (χ2n) is 4.47. The Balaban J connectivity index is 2.77. The molecule has 18 heavy (non-hydrogen) atoms. The van der Waals surface area contributed by atoms with Crippen molar-refractivity contribution in [1.29, 1.82) is 0 Å². The van der Waals surface area contributed by atoms with Crippen LogP contribution in [0.4, 0.5) is 4.39 Å². The number of benzene rings is 1. The van der Waals surface area contributed by atoms with Gasteiger partial charge in [0.05, 0.1) is 20.9 Å². The molecule has 0 aliphatic rings. The van der Waals surface area contributed by atoms with Crippen LogP contribution in [0, 0.1) is 5.82 Å². The Labute approximate surface area is 119 Å². The predicted molar refractivity (Wildman–Crippen MR) is 76.7 cm³/mol. The average molecular weight is 334 g/mol. The van der Waals surface area contributed by atoms with Gasteiger partial charge in [-0.3, -0.25) is 0 Å². The third-order valence-electron chi connectivity index (χ3n) is 3.15. The van der Waals surface area contributed by atoms with Crippen molar-refractivity contribution in [3.8, 4) is 0 Å². The second-order valence-corrected chi connectivity index (χ2v) is 5.98. The highest BCUT2D eigenvalue weighted by atomic mass is 79.9. The van der Waals surface area contributed by atoms with Crippen LogP contribution >= 0.6 is 27.5 Å². The zero-order chi connectivity index (χ0) is 13.4. The Hall–Kier alpha value is -0.610. The molecule has 2 atom stereocenters. The summed E-state index contributed by atoms with van der Waals surface area (Å²) in [5.74, 6) is 0.489. The van der Waals surface area contributed by atoms with E-state index in [4.69, 9.17) is 11.6 Å². The maximum absolute atomic E-state index is 13.5. The Morgan fingerprint density at radius 2 is 2.11 bits per heavy atom. The number of hydrogen-bond donors (Lipinski definition) is 0. The van der Waals surface area contributed by atoms with E-state index in [0.717, 1.165) is 17.8 Å². The predicted octanol–water partition coefficient (Wildman–Crippen LogP) is 5.21. The van der Waals surface area contributed by atoms with E-state index in [-0.39, 0.29) is 17.2 Å². The van der Waals surface area contributed by atoms with E-state index in [1.165, 1.54) is 6.07 Å². The first kappa shape index (κ1) is 13.8. The molecule has 0 radical (unpaired) electrons. The van der Waals surface area contributed by atoms with Gasteiger partial charge in [0.25, 0.3) is 0 Å². The Morgan fingerprint density at radius 1 is 1.44 bits per heavy atom. The molecule has 0 N–H and O–H groups in total. The third-order valence-corrected chi connectivity index (χ3v) is 3.95. The number of aromatic nitrogens is 2. The lowest BCUT2D eigenvalue weighted by atomic mass is 10.2. The molecule has 2 unspecified atom stereocenters. The van der Waals surface area contributed by atoms with Crippen LogP contribution in [0.15, 0.2) is 16.6 Å². The fourth-order valence-electron chi connectivity index (χ4n) is 2.04. The summed E-state index contributed by atoms with van der Waals surface area (Å²) in [6.45, 7) is 6.10. The monoisotopic (exact) mass is 332 g/mol. The SMILES string of the molecule is CCC(C)n1c(C(C)Cl)nc2cc(F)c(Br)cc21. The molecule has 98 valence electrons. The van der Waals surface area contributed by atoms with Crippen LogP contribution in [0.3, 0.4) is 0 Å². The Morgan fingerprint density at radius 3 is 2.67 bits per heavy atom. The Kier molecular flexibility index (Phi) is 3.97. The van der Waals surface area contributed by atoms with E-state index in [1.807, 2.05) is 6.92 Å². The molecular weight excluding hydrogens is 319 g/mol. The molecular formula is C13H15BrClFN2. The summed E-state index contributed by atoms with van der Waals surface area (Å²) in [6.07, 6.45) is 0.969. The lowest BCUT2D eigenvalue weighted by Crippen LogP contribution is -2.09. The topological polar surface area (TPSA) is 17.8 Å². The minimum atomic E-state index is -0.301. The number of alkyl halides is 1. The van der Waals surface area contributed by atoms with Gasteiger partial charge in [-0.05, 0) is 42.3 Å². The molecule has 0 saturated heterocycles. The van der Waals surface area contributed by atoms with Crippen molar-refractivity contribution >= 4 is 38.6 Å². The number of halogens is 3. The van der Waals surface area contributed by atoms with Gasteiger partial charge < -0.3 is 4.57 Å². The highest BCUT2D eigenvalue weighted by molar-refractivity contribution is 9.10. The molecule has 1 heterocycles. The molecule has 0 fully saturated rings. The number of imidazole rings is 1. The van der Waals surface area contributed by atoms with Gasteiger partial charge in [0.1, 0.15) is 11.6 Å². The summed E-state index contributed by atoms with van der Waals surface area (Å²) >= 11 is 9.39. The molecule has 2 rings (SSSR count). The van der Waals surface area contributed by atoms with E-state index in [1.54, 1.807) is 6.07 Å². The van der Waals surface area contributed by atoms with E-state index < -0.39 is 0 Å². The first-order chi connectivity index (χ1) is 8.45. The normalized spacial score (nSPS) is 15.0. The van der Waals surface area contributed by atoms with Crippen molar-refractivity contribution < 1.29 is 4.39 Å². The lowest BCUT2D eigenvalue weighted by molar-refractivity contribution is 0.522.